The maximum absolute atomic E-state index is 5.98. The molecule has 0 aromatic heterocycles. The van der Waals surface area contributed by atoms with Crippen LogP contribution in [0.4, 0.5) is 0 Å². The van der Waals surface area contributed by atoms with E-state index in [4.69, 9.17) is 10.5 Å². The summed E-state index contributed by atoms with van der Waals surface area (Å²) in [6.45, 7) is 0.438. The van der Waals surface area contributed by atoms with Crippen LogP contribution < -0.4 is 10.5 Å². The van der Waals surface area contributed by atoms with Gasteiger partial charge in [-0.25, -0.2) is 0 Å². The largest absolute Gasteiger partial charge is 0.457 e. The van der Waals surface area contributed by atoms with Crippen molar-refractivity contribution in [3.8, 4) is 22.6 Å². The average Bonchev–Trinajstić information content (AvgIpc) is 2.56. The molecule has 0 amide bonds. The summed E-state index contributed by atoms with van der Waals surface area (Å²) >= 11 is 0. The third kappa shape index (κ3) is 2.96. The molecule has 0 aliphatic heterocycles. The molecule has 0 spiro atoms. The Morgan fingerprint density at radius 3 is 2.05 bits per heavy atom. The molecule has 0 saturated heterocycles. The lowest BCUT2D eigenvalue weighted by Crippen LogP contribution is -2.02. The van der Waals surface area contributed by atoms with Crippen LogP contribution in [0.2, 0.25) is 0 Å². The Balaban J connectivity index is 2.02. The highest BCUT2D eigenvalue weighted by Crippen LogP contribution is 2.33. The van der Waals surface area contributed by atoms with Crippen LogP contribution in [-0.2, 0) is 6.54 Å². The van der Waals surface area contributed by atoms with Gasteiger partial charge < -0.3 is 10.5 Å². The molecule has 0 unspecified atom stereocenters. The summed E-state index contributed by atoms with van der Waals surface area (Å²) in [6.07, 6.45) is 0. The van der Waals surface area contributed by atoms with E-state index in [-0.39, 0.29) is 0 Å². The number of nitrogens with two attached hydrogens (primary N) is 1. The molecule has 104 valence electrons. The van der Waals surface area contributed by atoms with Crippen molar-refractivity contribution in [1.82, 2.24) is 0 Å². The maximum atomic E-state index is 5.98. The zero-order chi connectivity index (χ0) is 14.5. The minimum absolute atomic E-state index is 0.438. The van der Waals surface area contributed by atoms with Crippen molar-refractivity contribution in [2.75, 3.05) is 0 Å². The standard InChI is InChI=1S/C19H17NO/c20-14-18-17(15-8-3-1-4-9-15)12-7-13-19(18)21-16-10-5-2-6-11-16/h1-13H,14,20H2. The molecule has 0 fully saturated rings. The molecule has 0 aliphatic rings. The fourth-order valence-corrected chi connectivity index (χ4v) is 2.38. The van der Waals surface area contributed by atoms with Gasteiger partial charge in [0.2, 0.25) is 0 Å². The van der Waals surface area contributed by atoms with Gasteiger partial charge >= 0.3 is 0 Å². The zero-order valence-electron chi connectivity index (χ0n) is 11.7. The molecule has 21 heavy (non-hydrogen) atoms. The van der Waals surface area contributed by atoms with E-state index in [0.29, 0.717) is 6.54 Å². The number of para-hydroxylation sites is 1. The fourth-order valence-electron chi connectivity index (χ4n) is 2.38. The topological polar surface area (TPSA) is 35.2 Å². The highest BCUT2D eigenvalue weighted by atomic mass is 16.5. The van der Waals surface area contributed by atoms with Gasteiger partial charge in [-0.1, -0.05) is 60.7 Å². The van der Waals surface area contributed by atoms with Gasteiger partial charge in [0, 0.05) is 12.1 Å². The summed E-state index contributed by atoms with van der Waals surface area (Å²) < 4.78 is 5.98. The molecule has 2 heteroatoms. The van der Waals surface area contributed by atoms with Crippen molar-refractivity contribution < 1.29 is 4.74 Å². The van der Waals surface area contributed by atoms with Crippen molar-refractivity contribution in [2.24, 2.45) is 5.73 Å². The van der Waals surface area contributed by atoms with Gasteiger partial charge in [-0.3, -0.25) is 0 Å². The summed E-state index contributed by atoms with van der Waals surface area (Å²) in [7, 11) is 0. The Bertz CT molecular complexity index is 708. The van der Waals surface area contributed by atoms with Gasteiger partial charge in [0.25, 0.3) is 0 Å². The predicted molar refractivity (Wildman–Crippen MR) is 86.3 cm³/mol. The highest BCUT2D eigenvalue weighted by molar-refractivity contribution is 5.70. The molecule has 0 heterocycles. The lowest BCUT2D eigenvalue weighted by Gasteiger charge is -2.14. The summed E-state index contributed by atoms with van der Waals surface area (Å²) in [5.74, 6) is 1.63. The summed E-state index contributed by atoms with van der Waals surface area (Å²) in [5.41, 5.74) is 9.25. The Morgan fingerprint density at radius 1 is 0.714 bits per heavy atom. The third-order valence-electron chi connectivity index (χ3n) is 3.39. The van der Waals surface area contributed by atoms with E-state index in [1.54, 1.807) is 0 Å². The molecule has 0 bridgehead atoms. The van der Waals surface area contributed by atoms with Crippen LogP contribution in [0.3, 0.4) is 0 Å². The molecule has 3 rings (SSSR count). The predicted octanol–water partition coefficient (Wildman–Crippen LogP) is 4.60. The molecule has 0 radical (unpaired) electrons. The van der Waals surface area contributed by atoms with Crippen molar-refractivity contribution >= 4 is 0 Å². The number of hydrogen-bond donors (Lipinski definition) is 1. The lowest BCUT2D eigenvalue weighted by atomic mass is 9.99. The Morgan fingerprint density at radius 2 is 1.38 bits per heavy atom. The van der Waals surface area contributed by atoms with Gasteiger partial charge in [-0.05, 0) is 29.3 Å². The van der Waals surface area contributed by atoms with Gasteiger partial charge in [-0.2, -0.15) is 0 Å². The number of benzene rings is 3. The van der Waals surface area contributed by atoms with E-state index in [1.165, 1.54) is 0 Å². The smallest absolute Gasteiger partial charge is 0.132 e. The second kappa shape index (κ2) is 6.25. The molecule has 2 nitrogen and oxygen atoms in total. The molecule has 0 atom stereocenters. The van der Waals surface area contributed by atoms with Crippen LogP contribution in [-0.4, -0.2) is 0 Å². The van der Waals surface area contributed by atoms with Gasteiger partial charge in [0.15, 0.2) is 0 Å². The van der Waals surface area contributed by atoms with E-state index in [2.05, 4.69) is 18.2 Å². The quantitative estimate of drug-likeness (QED) is 0.755. The summed E-state index contributed by atoms with van der Waals surface area (Å²) in [5, 5.41) is 0. The van der Waals surface area contributed by atoms with E-state index in [9.17, 15) is 0 Å². The SMILES string of the molecule is NCc1c(Oc2ccccc2)cccc1-c1ccccc1. The second-order valence-corrected chi connectivity index (χ2v) is 4.77. The Hall–Kier alpha value is -2.58. The first kappa shape index (κ1) is 13.4. The molecular formula is C19H17NO. The van der Waals surface area contributed by atoms with Crippen LogP contribution in [0.1, 0.15) is 5.56 Å². The Labute approximate surface area is 124 Å². The van der Waals surface area contributed by atoms with Crippen LogP contribution in [0.5, 0.6) is 11.5 Å². The molecule has 0 saturated carbocycles. The first-order valence-electron chi connectivity index (χ1n) is 6.99. The molecular weight excluding hydrogens is 258 g/mol. The first-order chi connectivity index (χ1) is 10.4. The lowest BCUT2D eigenvalue weighted by molar-refractivity contribution is 0.477. The third-order valence-corrected chi connectivity index (χ3v) is 3.39. The normalized spacial score (nSPS) is 10.3. The molecule has 3 aromatic carbocycles. The number of hydrogen-bond acceptors (Lipinski definition) is 2. The molecule has 3 aromatic rings. The molecule has 0 aliphatic carbocycles. The van der Waals surface area contributed by atoms with Crippen LogP contribution in [0, 0.1) is 0 Å². The second-order valence-electron chi connectivity index (χ2n) is 4.77. The van der Waals surface area contributed by atoms with Crippen molar-refractivity contribution in [3.05, 3.63) is 84.4 Å². The molecule has 2 N–H and O–H groups in total. The number of rotatable bonds is 4. The first-order valence-corrected chi connectivity index (χ1v) is 6.99. The fraction of sp³-hybridized carbons (Fsp3) is 0.0526. The average molecular weight is 275 g/mol. The minimum Gasteiger partial charge on any atom is -0.457 e. The van der Waals surface area contributed by atoms with Gasteiger partial charge in [0.05, 0.1) is 0 Å². The van der Waals surface area contributed by atoms with E-state index < -0.39 is 0 Å². The summed E-state index contributed by atoms with van der Waals surface area (Å²) in [4.78, 5) is 0. The number of ether oxygens (including phenoxy) is 1. The van der Waals surface area contributed by atoms with E-state index in [1.807, 2.05) is 60.7 Å². The van der Waals surface area contributed by atoms with Crippen molar-refractivity contribution in [2.45, 2.75) is 6.54 Å². The zero-order valence-corrected chi connectivity index (χ0v) is 11.7. The van der Waals surface area contributed by atoms with Crippen molar-refractivity contribution in [3.63, 3.8) is 0 Å². The van der Waals surface area contributed by atoms with Crippen LogP contribution in [0.15, 0.2) is 78.9 Å². The van der Waals surface area contributed by atoms with E-state index >= 15 is 0 Å². The Kier molecular flexibility index (Phi) is 3.99. The van der Waals surface area contributed by atoms with E-state index in [0.717, 1.165) is 28.2 Å². The minimum atomic E-state index is 0.438. The maximum Gasteiger partial charge on any atom is 0.132 e. The van der Waals surface area contributed by atoms with Crippen LogP contribution >= 0.6 is 0 Å². The monoisotopic (exact) mass is 275 g/mol. The van der Waals surface area contributed by atoms with Gasteiger partial charge in [-0.15, -0.1) is 0 Å². The van der Waals surface area contributed by atoms with Crippen molar-refractivity contribution in [1.29, 1.82) is 0 Å². The summed E-state index contributed by atoms with van der Waals surface area (Å²) in [6, 6.07) is 26.0. The van der Waals surface area contributed by atoms with Gasteiger partial charge in [0.1, 0.15) is 11.5 Å². The van der Waals surface area contributed by atoms with Crippen LogP contribution in [0.25, 0.3) is 11.1 Å². The highest BCUT2D eigenvalue weighted by Gasteiger charge is 2.10.